The predicted octanol–water partition coefficient (Wildman–Crippen LogP) is 4.47. The maximum Gasteiger partial charge on any atom is 0.134 e. The molecular weight excluding hydrogens is 254 g/mol. The van der Waals surface area contributed by atoms with Crippen LogP contribution in [0.25, 0.3) is 11.0 Å². The minimum atomic E-state index is 0.293. The summed E-state index contributed by atoms with van der Waals surface area (Å²) in [4.78, 5) is 0. The van der Waals surface area contributed by atoms with Crippen molar-refractivity contribution in [3.05, 3.63) is 36.1 Å². The van der Waals surface area contributed by atoms with Gasteiger partial charge in [-0.1, -0.05) is 38.5 Å². The number of rotatable bonds is 7. The first-order chi connectivity index (χ1) is 9.24. The van der Waals surface area contributed by atoms with E-state index in [9.17, 15) is 0 Å². The molecule has 1 N–H and O–H groups in total. The van der Waals surface area contributed by atoms with Gasteiger partial charge in [0.1, 0.15) is 11.3 Å². The van der Waals surface area contributed by atoms with Gasteiger partial charge in [-0.25, -0.2) is 0 Å². The van der Waals surface area contributed by atoms with E-state index in [1.54, 1.807) is 0 Å². The molecule has 0 spiro atoms. The second-order valence-electron chi connectivity index (χ2n) is 5.08. The fraction of sp³-hybridized carbons (Fsp3) is 0.500. The number of nitrogens with one attached hydrogen (secondary N) is 1. The molecule has 1 heterocycles. The highest BCUT2D eigenvalue weighted by Crippen LogP contribution is 2.26. The van der Waals surface area contributed by atoms with Crippen LogP contribution >= 0.6 is 11.8 Å². The van der Waals surface area contributed by atoms with Gasteiger partial charge >= 0.3 is 0 Å². The zero-order valence-electron chi connectivity index (χ0n) is 12.0. The standard InChI is InChI=1S/C16H23NOS/c1-4-12(2)10-19-11-14(17-3)16-9-13-7-5-6-8-15(13)18-16/h5-9,12,14,17H,4,10-11H2,1-3H3. The molecular formula is C16H23NOS. The Morgan fingerprint density at radius 2 is 2.05 bits per heavy atom. The molecule has 2 unspecified atom stereocenters. The summed E-state index contributed by atoms with van der Waals surface area (Å²) < 4.78 is 5.93. The number of benzene rings is 1. The van der Waals surface area contributed by atoms with Crippen LogP contribution in [-0.4, -0.2) is 18.6 Å². The monoisotopic (exact) mass is 277 g/mol. The van der Waals surface area contributed by atoms with Gasteiger partial charge in [0, 0.05) is 11.1 Å². The van der Waals surface area contributed by atoms with Crippen molar-refractivity contribution in [3.8, 4) is 0 Å². The van der Waals surface area contributed by atoms with Crippen LogP contribution < -0.4 is 5.32 Å². The van der Waals surface area contributed by atoms with E-state index in [0.29, 0.717) is 6.04 Å². The van der Waals surface area contributed by atoms with Gasteiger partial charge in [-0.3, -0.25) is 0 Å². The summed E-state index contributed by atoms with van der Waals surface area (Å²) in [6, 6.07) is 10.6. The summed E-state index contributed by atoms with van der Waals surface area (Å²) in [6.45, 7) is 4.56. The van der Waals surface area contributed by atoms with Crippen LogP contribution in [0.5, 0.6) is 0 Å². The Morgan fingerprint density at radius 3 is 2.74 bits per heavy atom. The molecule has 104 valence electrons. The molecule has 0 amide bonds. The van der Waals surface area contributed by atoms with E-state index in [2.05, 4.69) is 31.3 Å². The van der Waals surface area contributed by atoms with Gasteiger partial charge in [-0.15, -0.1) is 0 Å². The molecule has 0 aliphatic heterocycles. The smallest absolute Gasteiger partial charge is 0.134 e. The summed E-state index contributed by atoms with van der Waals surface area (Å²) in [5.41, 5.74) is 0.977. The fourth-order valence-electron chi connectivity index (χ4n) is 1.99. The van der Waals surface area contributed by atoms with Crippen LogP contribution in [-0.2, 0) is 0 Å². The lowest BCUT2D eigenvalue weighted by molar-refractivity contribution is 0.478. The summed E-state index contributed by atoms with van der Waals surface area (Å²) in [5, 5.41) is 4.54. The fourth-order valence-corrected chi connectivity index (χ4v) is 3.33. The van der Waals surface area contributed by atoms with Crippen molar-refractivity contribution in [1.29, 1.82) is 0 Å². The number of furan rings is 1. The molecule has 0 bridgehead atoms. The lowest BCUT2D eigenvalue weighted by Crippen LogP contribution is -2.18. The van der Waals surface area contributed by atoms with Gasteiger partial charge in [0.05, 0.1) is 6.04 Å². The van der Waals surface area contributed by atoms with Crippen LogP contribution in [0.15, 0.2) is 34.7 Å². The Bertz CT molecular complexity index is 475. The van der Waals surface area contributed by atoms with Gasteiger partial charge in [-0.2, -0.15) is 11.8 Å². The lowest BCUT2D eigenvalue weighted by atomic mass is 10.2. The van der Waals surface area contributed by atoms with Crippen molar-refractivity contribution < 1.29 is 4.42 Å². The van der Waals surface area contributed by atoms with Crippen LogP contribution in [0, 0.1) is 5.92 Å². The highest BCUT2D eigenvalue weighted by Gasteiger charge is 2.14. The highest BCUT2D eigenvalue weighted by atomic mass is 32.2. The summed E-state index contributed by atoms with van der Waals surface area (Å²) in [6.07, 6.45) is 1.25. The van der Waals surface area contributed by atoms with E-state index < -0.39 is 0 Å². The van der Waals surface area contributed by atoms with Gasteiger partial charge in [0.2, 0.25) is 0 Å². The second-order valence-corrected chi connectivity index (χ2v) is 6.15. The molecule has 0 saturated carbocycles. The van der Waals surface area contributed by atoms with Crippen molar-refractivity contribution in [2.45, 2.75) is 26.3 Å². The first-order valence-electron chi connectivity index (χ1n) is 6.98. The van der Waals surface area contributed by atoms with Crippen molar-refractivity contribution in [2.75, 3.05) is 18.6 Å². The molecule has 2 rings (SSSR count). The molecule has 1 aromatic carbocycles. The van der Waals surface area contributed by atoms with Gasteiger partial charge in [0.25, 0.3) is 0 Å². The summed E-state index contributed by atoms with van der Waals surface area (Å²) in [5.74, 6) is 4.11. The zero-order chi connectivity index (χ0) is 13.7. The normalized spacial score (nSPS) is 14.7. The van der Waals surface area contributed by atoms with Crippen LogP contribution in [0.1, 0.15) is 32.1 Å². The Labute approximate surface area is 119 Å². The molecule has 2 aromatic rings. The first-order valence-corrected chi connectivity index (χ1v) is 8.13. The highest BCUT2D eigenvalue weighted by molar-refractivity contribution is 7.99. The Morgan fingerprint density at radius 1 is 1.26 bits per heavy atom. The molecule has 19 heavy (non-hydrogen) atoms. The van der Waals surface area contributed by atoms with Gasteiger partial charge in [0.15, 0.2) is 0 Å². The Balaban J connectivity index is 2.00. The zero-order valence-corrected chi connectivity index (χ0v) is 12.8. The number of hydrogen-bond acceptors (Lipinski definition) is 3. The van der Waals surface area contributed by atoms with Crippen molar-refractivity contribution >= 4 is 22.7 Å². The van der Waals surface area contributed by atoms with Crippen LogP contribution in [0.2, 0.25) is 0 Å². The van der Waals surface area contributed by atoms with Crippen molar-refractivity contribution in [2.24, 2.45) is 5.92 Å². The predicted molar refractivity (Wildman–Crippen MR) is 84.8 cm³/mol. The van der Waals surface area contributed by atoms with Gasteiger partial charge in [-0.05, 0) is 30.9 Å². The largest absolute Gasteiger partial charge is 0.459 e. The van der Waals surface area contributed by atoms with E-state index in [0.717, 1.165) is 23.0 Å². The molecule has 2 nitrogen and oxygen atoms in total. The number of para-hydroxylation sites is 1. The first kappa shape index (κ1) is 14.5. The molecule has 0 aliphatic rings. The number of thioether (sulfide) groups is 1. The van der Waals surface area contributed by atoms with Crippen molar-refractivity contribution in [3.63, 3.8) is 0 Å². The molecule has 0 saturated heterocycles. The third kappa shape index (κ3) is 3.77. The minimum Gasteiger partial charge on any atom is -0.459 e. The van der Waals surface area contributed by atoms with E-state index in [1.807, 2.05) is 37.0 Å². The van der Waals surface area contributed by atoms with Gasteiger partial charge < -0.3 is 9.73 Å². The topological polar surface area (TPSA) is 25.2 Å². The molecule has 2 atom stereocenters. The SMILES string of the molecule is CCC(C)CSCC(NC)c1cc2ccccc2o1. The van der Waals surface area contributed by atoms with E-state index >= 15 is 0 Å². The summed E-state index contributed by atoms with van der Waals surface area (Å²) in [7, 11) is 2.00. The average molecular weight is 277 g/mol. The second kappa shape index (κ2) is 7.01. The summed E-state index contributed by atoms with van der Waals surface area (Å²) >= 11 is 2.00. The van der Waals surface area contributed by atoms with E-state index in [1.165, 1.54) is 17.6 Å². The quantitative estimate of drug-likeness (QED) is 0.808. The third-order valence-corrected chi connectivity index (χ3v) is 4.89. The molecule has 0 aliphatic carbocycles. The Kier molecular flexibility index (Phi) is 5.34. The van der Waals surface area contributed by atoms with Crippen molar-refractivity contribution in [1.82, 2.24) is 5.32 Å². The average Bonchev–Trinajstić information content (AvgIpc) is 2.86. The number of hydrogen-bond donors (Lipinski definition) is 1. The van der Waals surface area contributed by atoms with Crippen LogP contribution in [0.3, 0.4) is 0 Å². The van der Waals surface area contributed by atoms with E-state index in [4.69, 9.17) is 4.42 Å². The molecule has 3 heteroatoms. The minimum absolute atomic E-state index is 0.293. The van der Waals surface area contributed by atoms with E-state index in [-0.39, 0.29) is 0 Å². The maximum atomic E-state index is 5.93. The molecule has 1 aromatic heterocycles. The molecule has 0 fully saturated rings. The Hall–Kier alpha value is -0.930. The maximum absolute atomic E-state index is 5.93. The van der Waals surface area contributed by atoms with Crippen LogP contribution in [0.4, 0.5) is 0 Å². The number of fused-ring (bicyclic) bond motifs is 1. The lowest BCUT2D eigenvalue weighted by Gasteiger charge is -2.14. The molecule has 0 radical (unpaired) electrons. The third-order valence-electron chi connectivity index (χ3n) is 3.52.